The lowest BCUT2D eigenvalue weighted by atomic mass is 9.99. The van der Waals surface area contributed by atoms with E-state index in [0.29, 0.717) is 5.76 Å². The molecule has 2 atom stereocenters. The second-order valence-electron chi connectivity index (χ2n) is 16.2. The largest absolute Gasteiger partial charge is 0.504 e. The lowest BCUT2D eigenvalue weighted by Gasteiger charge is -2.08. The zero-order valence-electron chi connectivity index (χ0n) is 35.9. The van der Waals surface area contributed by atoms with Crippen LogP contribution < -0.4 is 0 Å². The van der Waals surface area contributed by atoms with Gasteiger partial charge in [0, 0.05) is 12.8 Å². The number of rotatable bonds is 20. The van der Waals surface area contributed by atoms with Crippen LogP contribution in [0.4, 0.5) is 0 Å². The maximum Gasteiger partial charge on any atom is 0.343 e. The Morgan fingerprint density at radius 2 is 1.12 bits per heavy atom. The Labute approximate surface area is 353 Å². The highest BCUT2D eigenvalue weighted by Gasteiger charge is 2.27. The average Bonchev–Trinajstić information content (AvgIpc) is 4.10. The summed E-state index contributed by atoms with van der Waals surface area (Å²) in [5.74, 6) is 1.95. The first-order chi connectivity index (χ1) is 28.8. The maximum absolute atomic E-state index is 11.5. The lowest BCUT2D eigenvalue weighted by Crippen LogP contribution is -1.97. The molecule has 60 heavy (non-hydrogen) atoms. The molecular formula is C50H60O10. The van der Waals surface area contributed by atoms with Crippen molar-refractivity contribution in [2.45, 2.75) is 119 Å². The van der Waals surface area contributed by atoms with Gasteiger partial charge in [0.25, 0.3) is 0 Å². The summed E-state index contributed by atoms with van der Waals surface area (Å²) in [5.41, 5.74) is 7.98. The van der Waals surface area contributed by atoms with Gasteiger partial charge in [0.15, 0.2) is 23.0 Å². The van der Waals surface area contributed by atoms with Crippen LogP contribution in [0.25, 0.3) is 0 Å². The first kappa shape index (κ1) is 45.2. The van der Waals surface area contributed by atoms with Crippen molar-refractivity contribution in [2.75, 3.05) is 0 Å². The van der Waals surface area contributed by atoms with Gasteiger partial charge in [-0.1, -0.05) is 37.1 Å². The van der Waals surface area contributed by atoms with Crippen LogP contribution >= 0.6 is 0 Å². The van der Waals surface area contributed by atoms with E-state index in [2.05, 4.69) is 52.0 Å². The van der Waals surface area contributed by atoms with Crippen LogP contribution in [-0.4, -0.2) is 22.2 Å². The molecule has 10 nitrogen and oxygen atoms in total. The third-order valence-electron chi connectivity index (χ3n) is 10.7. The number of carbonyl (C=O) groups is 2. The number of furan rings is 4. The molecule has 6 rings (SSSR count). The Hall–Kier alpha value is -5.90. The first-order valence-electron chi connectivity index (χ1n) is 21.0. The standard InChI is InChI=1S/2C25H30O5/c2*1-17(6-4-8-18(2)12-23-24(26)19(3)25(27)30-23)7-5-9-20-13-22(29-16-20)14-21-10-11-28-15-21/h7,10-13,15-16,18,26H,4-6,8-9,14H2,1-3H3;6,10-13,15-16,18,26H,4-5,7-9,14H2,1-3H3/b17-7+,23-12-;17-6+,23-12-. The molecule has 0 fully saturated rings. The zero-order valence-corrected chi connectivity index (χ0v) is 35.9. The van der Waals surface area contributed by atoms with Crippen LogP contribution in [-0.2, 0) is 44.7 Å². The van der Waals surface area contributed by atoms with Crippen molar-refractivity contribution in [1.82, 2.24) is 0 Å². The van der Waals surface area contributed by atoms with E-state index in [1.165, 1.54) is 22.3 Å². The number of aryl methyl sites for hydroxylation is 2. The molecule has 2 N–H and O–H groups in total. The molecule has 0 aromatic carbocycles. The Morgan fingerprint density at radius 3 is 1.60 bits per heavy atom. The highest BCUT2D eigenvalue weighted by molar-refractivity contribution is 5.93. The Bertz CT molecular complexity index is 2190. The van der Waals surface area contributed by atoms with E-state index in [1.807, 2.05) is 36.8 Å². The van der Waals surface area contributed by atoms with Crippen molar-refractivity contribution in [1.29, 1.82) is 0 Å². The number of carbonyl (C=O) groups excluding carboxylic acids is 2. The van der Waals surface area contributed by atoms with E-state index in [1.54, 1.807) is 38.9 Å². The zero-order chi connectivity index (χ0) is 43.0. The predicted molar refractivity (Wildman–Crippen MR) is 230 cm³/mol. The van der Waals surface area contributed by atoms with Gasteiger partial charge in [-0.15, -0.1) is 0 Å². The quantitative estimate of drug-likeness (QED) is 0.0652. The van der Waals surface area contributed by atoms with Crippen molar-refractivity contribution in [3.8, 4) is 0 Å². The van der Waals surface area contributed by atoms with E-state index < -0.39 is 11.9 Å². The van der Waals surface area contributed by atoms with E-state index in [9.17, 15) is 19.8 Å². The molecule has 0 radical (unpaired) electrons. The van der Waals surface area contributed by atoms with Crippen LogP contribution in [0, 0.1) is 11.8 Å². The number of hydrogen-bond acceptors (Lipinski definition) is 10. The van der Waals surface area contributed by atoms with Gasteiger partial charge in [-0.25, -0.2) is 9.59 Å². The second kappa shape index (κ2) is 22.5. The van der Waals surface area contributed by atoms with Crippen LogP contribution in [0.15, 0.2) is 149 Å². The molecule has 0 saturated carbocycles. The summed E-state index contributed by atoms with van der Waals surface area (Å²) >= 11 is 0. The Balaban J connectivity index is 0.000000228. The van der Waals surface area contributed by atoms with E-state index in [4.69, 9.17) is 27.1 Å². The summed E-state index contributed by atoms with van der Waals surface area (Å²) < 4.78 is 31.6. The van der Waals surface area contributed by atoms with Gasteiger partial charge in [-0.3, -0.25) is 0 Å². The summed E-state index contributed by atoms with van der Waals surface area (Å²) in [6, 6.07) is 8.15. The molecule has 0 saturated heterocycles. The summed E-state index contributed by atoms with van der Waals surface area (Å²) in [6.07, 6.45) is 30.3. The number of cyclic esters (lactones) is 2. The highest BCUT2D eigenvalue weighted by atomic mass is 16.6. The molecule has 6 heterocycles. The van der Waals surface area contributed by atoms with E-state index in [0.717, 1.165) is 99.7 Å². The van der Waals surface area contributed by atoms with Gasteiger partial charge in [-0.05, 0) is 162 Å². The van der Waals surface area contributed by atoms with Crippen molar-refractivity contribution in [2.24, 2.45) is 11.8 Å². The van der Waals surface area contributed by atoms with Gasteiger partial charge < -0.3 is 37.4 Å². The average molecular weight is 821 g/mol. The maximum atomic E-state index is 11.5. The minimum Gasteiger partial charge on any atom is -0.504 e. The van der Waals surface area contributed by atoms with Crippen LogP contribution in [0.5, 0.6) is 0 Å². The third-order valence-corrected chi connectivity index (χ3v) is 10.7. The van der Waals surface area contributed by atoms with E-state index >= 15 is 0 Å². The molecule has 0 bridgehead atoms. The van der Waals surface area contributed by atoms with Gasteiger partial charge in [-0.2, -0.15) is 0 Å². The molecule has 2 unspecified atom stereocenters. The van der Waals surface area contributed by atoms with Crippen LogP contribution in [0.2, 0.25) is 0 Å². The summed E-state index contributed by atoms with van der Waals surface area (Å²) in [4.78, 5) is 22.9. The molecule has 4 aromatic rings. The van der Waals surface area contributed by atoms with Crippen molar-refractivity contribution < 1.29 is 46.9 Å². The highest BCUT2D eigenvalue weighted by Crippen LogP contribution is 2.28. The van der Waals surface area contributed by atoms with Crippen LogP contribution in [0.1, 0.15) is 127 Å². The number of hydrogen-bond donors (Lipinski definition) is 2. The van der Waals surface area contributed by atoms with Crippen molar-refractivity contribution >= 4 is 11.9 Å². The molecule has 0 aliphatic carbocycles. The molecule has 2 aliphatic rings. The third kappa shape index (κ3) is 14.1. The SMILES string of the molecule is CC1=C(O)/C(=C/C(C)CC/C=C(\C)CCCc2coc(Cc3ccoc3)c2)OC1=O.CC1=C(O)/C(=C/C(C)CCC/C(C)=C/CCc2coc(Cc3ccoc3)c2)OC1=O. The normalized spacial score (nSPS) is 17.1. The number of aliphatic hydroxyl groups is 2. The lowest BCUT2D eigenvalue weighted by molar-refractivity contribution is -0.134. The van der Waals surface area contributed by atoms with E-state index in [-0.39, 0.29) is 40.3 Å². The van der Waals surface area contributed by atoms with Crippen LogP contribution in [0.3, 0.4) is 0 Å². The molecule has 10 heteroatoms. The summed E-state index contributed by atoms with van der Waals surface area (Å²) in [6.45, 7) is 11.6. The van der Waals surface area contributed by atoms with Crippen molar-refractivity contribution in [3.63, 3.8) is 0 Å². The molecule has 0 spiro atoms. The van der Waals surface area contributed by atoms with Gasteiger partial charge in [0.1, 0.15) is 11.5 Å². The topological polar surface area (TPSA) is 146 Å². The predicted octanol–water partition coefficient (Wildman–Crippen LogP) is 12.8. The number of esters is 2. The minimum atomic E-state index is -0.465. The second-order valence-corrected chi connectivity index (χ2v) is 16.2. The van der Waals surface area contributed by atoms with Gasteiger partial charge in [0.2, 0.25) is 0 Å². The smallest absolute Gasteiger partial charge is 0.343 e. The number of allylic oxidation sites excluding steroid dienone is 6. The van der Waals surface area contributed by atoms with Gasteiger partial charge in [0.05, 0.1) is 48.7 Å². The fourth-order valence-electron chi connectivity index (χ4n) is 6.97. The fraction of sp³-hybridized carbons (Fsp3) is 0.400. The Kier molecular flexibility index (Phi) is 16.9. The Morgan fingerprint density at radius 1 is 0.633 bits per heavy atom. The van der Waals surface area contributed by atoms with Gasteiger partial charge >= 0.3 is 11.9 Å². The summed E-state index contributed by atoms with van der Waals surface area (Å²) in [5, 5.41) is 19.8. The fourth-order valence-corrected chi connectivity index (χ4v) is 6.97. The first-order valence-corrected chi connectivity index (χ1v) is 21.0. The monoisotopic (exact) mass is 820 g/mol. The van der Waals surface area contributed by atoms with Crippen molar-refractivity contribution in [3.05, 3.63) is 165 Å². The number of ether oxygens (including phenoxy) is 2. The number of aliphatic hydroxyl groups excluding tert-OH is 2. The molecule has 320 valence electrons. The summed E-state index contributed by atoms with van der Waals surface area (Å²) in [7, 11) is 0. The molecular weight excluding hydrogens is 761 g/mol. The molecule has 2 aliphatic heterocycles. The minimum absolute atomic E-state index is 0.0323. The molecule has 4 aromatic heterocycles. The molecule has 0 amide bonds.